The van der Waals surface area contributed by atoms with Gasteiger partial charge in [0.1, 0.15) is 17.3 Å². The first kappa shape index (κ1) is 20.1. The maximum Gasteiger partial charge on any atom is 0.272 e. The number of methoxy groups -OCH3 is 1. The first-order valence-corrected chi connectivity index (χ1v) is 10.1. The van der Waals surface area contributed by atoms with E-state index in [2.05, 4.69) is 22.0 Å². The van der Waals surface area contributed by atoms with E-state index < -0.39 is 0 Å². The summed E-state index contributed by atoms with van der Waals surface area (Å²) in [4.78, 5) is 21.4. The highest BCUT2D eigenvalue weighted by molar-refractivity contribution is 5.93. The molecule has 0 N–H and O–H groups in total. The van der Waals surface area contributed by atoms with Gasteiger partial charge in [0, 0.05) is 38.4 Å². The Labute approximate surface area is 175 Å². The van der Waals surface area contributed by atoms with Crippen LogP contribution in [0, 0.1) is 5.82 Å². The Bertz CT molecular complexity index is 977. The van der Waals surface area contributed by atoms with E-state index in [1.165, 1.54) is 17.7 Å². The Hall–Kier alpha value is -3.19. The molecule has 0 radical (unpaired) electrons. The zero-order valence-corrected chi connectivity index (χ0v) is 17.0. The van der Waals surface area contributed by atoms with E-state index in [1.807, 2.05) is 17.0 Å². The van der Waals surface area contributed by atoms with Gasteiger partial charge in [-0.1, -0.05) is 12.1 Å². The maximum absolute atomic E-state index is 13.2. The van der Waals surface area contributed by atoms with Crippen LogP contribution in [0.25, 0.3) is 5.69 Å². The minimum Gasteiger partial charge on any atom is -0.497 e. The molecule has 2 aromatic carbocycles. The average Bonchev–Trinajstić information content (AvgIpc) is 3.28. The maximum atomic E-state index is 13.2. The van der Waals surface area contributed by atoms with Gasteiger partial charge >= 0.3 is 0 Å². The number of carbonyl (C=O) groups excluding carboxylic acids is 1. The van der Waals surface area contributed by atoms with Gasteiger partial charge in [0.2, 0.25) is 0 Å². The zero-order chi connectivity index (χ0) is 20.9. The second kappa shape index (κ2) is 9.09. The summed E-state index contributed by atoms with van der Waals surface area (Å²) in [5.74, 6) is 0.509. The van der Waals surface area contributed by atoms with Crippen molar-refractivity contribution in [3.05, 3.63) is 78.1 Å². The normalized spacial score (nSPS) is 14.7. The van der Waals surface area contributed by atoms with Gasteiger partial charge in [-0.2, -0.15) is 0 Å². The smallest absolute Gasteiger partial charge is 0.272 e. The van der Waals surface area contributed by atoms with Crippen molar-refractivity contribution in [1.29, 1.82) is 0 Å². The minimum atomic E-state index is -0.308. The predicted molar refractivity (Wildman–Crippen MR) is 113 cm³/mol. The second-order valence-corrected chi connectivity index (χ2v) is 7.36. The molecule has 3 aromatic rings. The Kier molecular flexibility index (Phi) is 6.09. The number of hydrogen-bond acceptors (Lipinski definition) is 4. The summed E-state index contributed by atoms with van der Waals surface area (Å²) in [6.07, 6.45) is 4.13. The summed E-state index contributed by atoms with van der Waals surface area (Å²) in [6, 6.07) is 14.2. The number of halogens is 1. The fraction of sp³-hybridized carbons (Fsp3) is 0.304. The molecular weight excluding hydrogens is 383 g/mol. The number of aromatic nitrogens is 2. The molecular formula is C23H25FN4O2. The molecule has 1 amide bonds. The Morgan fingerprint density at radius 2 is 1.73 bits per heavy atom. The molecule has 2 heterocycles. The van der Waals surface area contributed by atoms with Crippen molar-refractivity contribution in [2.45, 2.75) is 6.42 Å². The molecule has 1 aromatic heterocycles. The van der Waals surface area contributed by atoms with E-state index in [1.54, 1.807) is 36.3 Å². The molecule has 7 heteroatoms. The van der Waals surface area contributed by atoms with Crippen molar-refractivity contribution >= 4 is 5.91 Å². The summed E-state index contributed by atoms with van der Waals surface area (Å²) in [7, 11) is 1.67. The van der Waals surface area contributed by atoms with E-state index >= 15 is 0 Å². The van der Waals surface area contributed by atoms with Crippen LogP contribution in [0.15, 0.2) is 61.1 Å². The van der Waals surface area contributed by atoms with Crippen LogP contribution < -0.4 is 4.74 Å². The topological polar surface area (TPSA) is 50.6 Å². The van der Waals surface area contributed by atoms with Crippen LogP contribution in [0.1, 0.15) is 16.1 Å². The standard InChI is InChI=1S/C23H25FN4O2/c1-30-21-8-2-18(3-9-21)10-11-26-12-14-27(15-13-26)23(29)22-16-25-17-28(22)20-6-4-19(24)5-7-20/h2-9,16-17H,10-15H2,1H3. The minimum absolute atomic E-state index is 0.0494. The molecule has 0 unspecified atom stereocenters. The summed E-state index contributed by atoms with van der Waals surface area (Å²) < 4.78 is 20.1. The fourth-order valence-corrected chi connectivity index (χ4v) is 3.68. The number of ether oxygens (including phenoxy) is 1. The molecule has 156 valence electrons. The number of amides is 1. The lowest BCUT2D eigenvalue weighted by atomic mass is 10.1. The van der Waals surface area contributed by atoms with Gasteiger partial charge in [-0.25, -0.2) is 9.37 Å². The number of carbonyl (C=O) groups is 1. The lowest BCUT2D eigenvalue weighted by molar-refractivity contribution is 0.0630. The summed E-state index contributed by atoms with van der Waals surface area (Å²) in [6.45, 7) is 3.99. The van der Waals surface area contributed by atoms with Gasteiger partial charge in [0.25, 0.3) is 5.91 Å². The van der Waals surface area contributed by atoms with Crippen LogP contribution in [0.5, 0.6) is 5.75 Å². The summed E-state index contributed by atoms with van der Waals surface area (Å²) >= 11 is 0. The first-order chi connectivity index (χ1) is 14.6. The van der Waals surface area contributed by atoms with Crippen LogP contribution in [0.2, 0.25) is 0 Å². The monoisotopic (exact) mass is 408 g/mol. The fourth-order valence-electron chi connectivity index (χ4n) is 3.68. The van der Waals surface area contributed by atoms with Gasteiger partial charge in [-0.05, 0) is 48.4 Å². The summed E-state index contributed by atoms with van der Waals surface area (Å²) in [5, 5.41) is 0. The average molecular weight is 408 g/mol. The third-order valence-corrected chi connectivity index (χ3v) is 5.50. The van der Waals surface area contributed by atoms with E-state index in [9.17, 15) is 9.18 Å². The largest absolute Gasteiger partial charge is 0.497 e. The molecule has 6 nitrogen and oxygen atoms in total. The van der Waals surface area contributed by atoms with E-state index in [4.69, 9.17) is 4.74 Å². The van der Waals surface area contributed by atoms with E-state index in [0.29, 0.717) is 18.8 Å². The Morgan fingerprint density at radius 1 is 1.03 bits per heavy atom. The first-order valence-electron chi connectivity index (χ1n) is 10.1. The molecule has 0 saturated carbocycles. The molecule has 30 heavy (non-hydrogen) atoms. The van der Waals surface area contributed by atoms with Crippen LogP contribution >= 0.6 is 0 Å². The van der Waals surface area contributed by atoms with E-state index in [0.717, 1.165) is 37.5 Å². The summed E-state index contributed by atoms with van der Waals surface area (Å²) in [5.41, 5.74) is 2.49. The van der Waals surface area contributed by atoms with Crippen LogP contribution in [0.3, 0.4) is 0 Å². The van der Waals surface area contributed by atoms with Gasteiger partial charge < -0.3 is 9.64 Å². The lowest BCUT2D eigenvalue weighted by Crippen LogP contribution is -2.49. The molecule has 0 atom stereocenters. The second-order valence-electron chi connectivity index (χ2n) is 7.36. The Balaban J connectivity index is 1.32. The molecule has 1 fully saturated rings. The molecule has 0 aliphatic carbocycles. The quantitative estimate of drug-likeness (QED) is 0.629. The molecule has 1 saturated heterocycles. The third kappa shape index (κ3) is 4.52. The van der Waals surface area contributed by atoms with Gasteiger partial charge in [-0.15, -0.1) is 0 Å². The zero-order valence-electron chi connectivity index (χ0n) is 17.0. The van der Waals surface area contributed by atoms with Gasteiger partial charge in [-0.3, -0.25) is 14.3 Å². The van der Waals surface area contributed by atoms with Gasteiger partial charge in [0.05, 0.1) is 19.6 Å². The molecule has 0 spiro atoms. The van der Waals surface area contributed by atoms with Crippen LogP contribution in [-0.4, -0.2) is 65.1 Å². The number of nitrogens with zero attached hydrogens (tertiary/aromatic N) is 4. The highest BCUT2D eigenvalue weighted by Gasteiger charge is 2.24. The van der Waals surface area contributed by atoms with Crippen molar-refractivity contribution in [2.75, 3.05) is 39.8 Å². The van der Waals surface area contributed by atoms with Crippen molar-refractivity contribution in [2.24, 2.45) is 0 Å². The highest BCUT2D eigenvalue weighted by atomic mass is 19.1. The van der Waals surface area contributed by atoms with Crippen molar-refractivity contribution in [1.82, 2.24) is 19.4 Å². The highest BCUT2D eigenvalue weighted by Crippen LogP contribution is 2.16. The number of hydrogen-bond donors (Lipinski definition) is 0. The van der Waals surface area contributed by atoms with Gasteiger partial charge in [0.15, 0.2) is 0 Å². The Morgan fingerprint density at radius 3 is 2.40 bits per heavy atom. The number of imidazole rings is 1. The number of benzene rings is 2. The SMILES string of the molecule is COc1ccc(CCN2CCN(C(=O)c3cncn3-c3ccc(F)cc3)CC2)cc1. The van der Waals surface area contributed by atoms with Crippen molar-refractivity contribution < 1.29 is 13.9 Å². The lowest BCUT2D eigenvalue weighted by Gasteiger charge is -2.34. The van der Waals surface area contributed by atoms with Crippen LogP contribution in [0.4, 0.5) is 4.39 Å². The molecule has 0 bridgehead atoms. The molecule has 1 aliphatic heterocycles. The number of piperazine rings is 1. The number of rotatable bonds is 6. The van der Waals surface area contributed by atoms with Crippen LogP contribution in [-0.2, 0) is 6.42 Å². The van der Waals surface area contributed by atoms with E-state index in [-0.39, 0.29) is 11.7 Å². The predicted octanol–water partition coefficient (Wildman–Crippen LogP) is 3.02. The van der Waals surface area contributed by atoms with Crippen molar-refractivity contribution in [3.8, 4) is 11.4 Å². The molecule has 4 rings (SSSR count). The molecule has 1 aliphatic rings. The van der Waals surface area contributed by atoms with Crippen molar-refractivity contribution in [3.63, 3.8) is 0 Å². The third-order valence-electron chi connectivity index (χ3n) is 5.50.